The van der Waals surface area contributed by atoms with Gasteiger partial charge in [-0.3, -0.25) is 18.7 Å². The fraction of sp³-hybridized carbons (Fsp3) is 0.667. The van der Waals surface area contributed by atoms with Gasteiger partial charge in [0.05, 0.1) is 5.25 Å². The van der Waals surface area contributed by atoms with Gasteiger partial charge in [-0.15, -0.1) is 11.8 Å². The number of rotatable bonds is 5. The molecule has 6 nitrogen and oxygen atoms in total. The maximum atomic E-state index is 12.1. The SMILES string of the molecule is CC(SCc1cc(=O)n(C)c(=O)n1C)C(=O)NC1CCCC1. The van der Waals surface area contributed by atoms with Crippen LogP contribution in [0.25, 0.3) is 0 Å². The van der Waals surface area contributed by atoms with Crippen LogP contribution in [0.3, 0.4) is 0 Å². The Morgan fingerprint density at radius 3 is 2.59 bits per heavy atom. The quantitative estimate of drug-likeness (QED) is 0.868. The van der Waals surface area contributed by atoms with E-state index in [-0.39, 0.29) is 22.4 Å². The summed E-state index contributed by atoms with van der Waals surface area (Å²) in [5, 5.41) is 2.86. The Morgan fingerprint density at radius 1 is 1.32 bits per heavy atom. The van der Waals surface area contributed by atoms with Gasteiger partial charge in [0, 0.05) is 37.7 Å². The minimum atomic E-state index is -0.342. The Balaban J connectivity index is 1.96. The Labute approximate surface area is 133 Å². The van der Waals surface area contributed by atoms with Gasteiger partial charge in [-0.25, -0.2) is 4.79 Å². The van der Waals surface area contributed by atoms with E-state index in [2.05, 4.69) is 5.32 Å². The summed E-state index contributed by atoms with van der Waals surface area (Å²) in [5.74, 6) is 0.492. The van der Waals surface area contributed by atoms with E-state index in [9.17, 15) is 14.4 Å². The third-order valence-corrected chi connectivity index (χ3v) is 5.35. The predicted molar refractivity (Wildman–Crippen MR) is 88.1 cm³/mol. The van der Waals surface area contributed by atoms with Crippen molar-refractivity contribution in [3.05, 3.63) is 32.6 Å². The van der Waals surface area contributed by atoms with Gasteiger partial charge >= 0.3 is 5.69 Å². The topological polar surface area (TPSA) is 73.1 Å². The lowest BCUT2D eigenvalue weighted by atomic mass is 10.2. The summed E-state index contributed by atoms with van der Waals surface area (Å²) in [7, 11) is 3.10. The molecule has 0 bridgehead atoms. The monoisotopic (exact) mass is 325 g/mol. The van der Waals surface area contributed by atoms with Crippen molar-refractivity contribution in [2.24, 2.45) is 14.1 Å². The van der Waals surface area contributed by atoms with Crippen LogP contribution in [-0.2, 0) is 24.6 Å². The fourth-order valence-electron chi connectivity index (χ4n) is 2.59. The lowest BCUT2D eigenvalue weighted by Gasteiger charge is -2.17. The molecule has 0 saturated heterocycles. The summed E-state index contributed by atoms with van der Waals surface area (Å²) in [5.41, 5.74) is -0.0217. The number of hydrogen-bond acceptors (Lipinski definition) is 4. The van der Waals surface area contributed by atoms with Crippen molar-refractivity contribution in [2.45, 2.75) is 49.7 Å². The molecule has 1 saturated carbocycles. The highest BCUT2D eigenvalue weighted by Crippen LogP contribution is 2.20. The Hall–Kier alpha value is -1.50. The average molecular weight is 325 g/mol. The Bertz CT molecular complexity index is 659. The van der Waals surface area contributed by atoms with Gasteiger partial charge in [0.15, 0.2) is 0 Å². The maximum absolute atomic E-state index is 12.1. The van der Waals surface area contributed by atoms with E-state index in [0.29, 0.717) is 17.5 Å². The summed E-state index contributed by atoms with van der Waals surface area (Å²) >= 11 is 1.44. The average Bonchev–Trinajstić information content (AvgIpc) is 3.00. The second kappa shape index (κ2) is 7.17. The molecule has 7 heteroatoms. The molecule has 1 amide bonds. The van der Waals surface area contributed by atoms with Gasteiger partial charge in [0.25, 0.3) is 5.56 Å². The molecule has 1 aromatic heterocycles. The molecule has 1 aliphatic rings. The first-order valence-corrected chi connectivity index (χ1v) is 8.63. The summed E-state index contributed by atoms with van der Waals surface area (Å²) in [6.45, 7) is 1.86. The lowest BCUT2D eigenvalue weighted by molar-refractivity contribution is -0.120. The molecule has 0 aromatic carbocycles. The number of nitrogens with one attached hydrogen (secondary N) is 1. The molecule has 2 rings (SSSR count). The van der Waals surface area contributed by atoms with Crippen LogP contribution in [0.15, 0.2) is 15.7 Å². The van der Waals surface area contributed by atoms with Gasteiger partial charge in [-0.1, -0.05) is 12.8 Å². The number of thioether (sulfide) groups is 1. The molecule has 1 aromatic rings. The van der Waals surface area contributed by atoms with Crippen LogP contribution in [0.4, 0.5) is 0 Å². The van der Waals surface area contributed by atoms with Crippen LogP contribution < -0.4 is 16.6 Å². The van der Waals surface area contributed by atoms with Crippen LogP contribution in [0.5, 0.6) is 0 Å². The first-order valence-electron chi connectivity index (χ1n) is 7.58. The summed E-state index contributed by atoms with van der Waals surface area (Å²) in [6.07, 6.45) is 4.49. The van der Waals surface area contributed by atoms with Crippen molar-refractivity contribution >= 4 is 17.7 Å². The third-order valence-electron chi connectivity index (χ3n) is 4.18. The van der Waals surface area contributed by atoms with Crippen LogP contribution in [0, 0.1) is 0 Å². The molecule has 1 heterocycles. The lowest BCUT2D eigenvalue weighted by Crippen LogP contribution is -2.39. The molecule has 1 N–H and O–H groups in total. The zero-order valence-electron chi connectivity index (χ0n) is 13.3. The normalized spacial score (nSPS) is 16.7. The number of nitrogens with zero attached hydrogens (tertiary/aromatic N) is 2. The summed E-state index contributed by atoms with van der Waals surface area (Å²) in [6, 6.07) is 1.76. The van der Waals surface area contributed by atoms with Crippen molar-refractivity contribution in [1.82, 2.24) is 14.5 Å². The van der Waals surface area contributed by atoms with E-state index < -0.39 is 0 Å². The smallest absolute Gasteiger partial charge is 0.330 e. The minimum absolute atomic E-state index is 0.0331. The molecule has 1 fully saturated rings. The Morgan fingerprint density at radius 2 is 1.95 bits per heavy atom. The molecule has 1 unspecified atom stereocenters. The maximum Gasteiger partial charge on any atom is 0.330 e. The molecule has 0 aliphatic heterocycles. The first-order chi connectivity index (χ1) is 10.4. The van der Waals surface area contributed by atoms with Gasteiger partial charge < -0.3 is 5.32 Å². The van der Waals surface area contributed by atoms with E-state index in [4.69, 9.17) is 0 Å². The number of carbonyl (C=O) groups excluding carboxylic acids is 1. The standard InChI is InChI=1S/C15H23N3O3S/c1-10(14(20)16-11-6-4-5-7-11)22-9-12-8-13(19)18(3)15(21)17(12)2/h8,10-11H,4-7,9H2,1-3H3,(H,16,20). The number of aromatic nitrogens is 2. The molecule has 1 aliphatic carbocycles. The first kappa shape index (κ1) is 16.9. The van der Waals surface area contributed by atoms with E-state index in [1.807, 2.05) is 6.92 Å². The van der Waals surface area contributed by atoms with Crippen molar-refractivity contribution in [3.63, 3.8) is 0 Å². The van der Waals surface area contributed by atoms with Crippen LogP contribution in [0.1, 0.15) is 38.3 Å². The van der Waals surface area contributed by atoms with Crippen molar-refractivity contribution < 1.29 is 4.79 Å². The van der Waals surface area contributed by atoms with E-state index in [1.165, 1.54) is 42.3 Å². The van der Waals surface area contributed by atoms with Gasteiger partial charge in [-0.2, -0.15) is 0 Å². The van der Waals surface area contributed by atoms with Crippen LogP contribution in [-0.4, -0.2) is 26.3 Å². The second-order valence-corrected chi connectivity index (χ2v) is 7.15. The minimum Gasteiger partial charge on any atom is -0.352 e. The fourth-order valence-corrected chi connectivity index (χ4v) is 3.51. The van der Waals surface area contributed by atoms with E-state index in [1.54, 1.807) is 7.05 Å². The molecular weight excluding hydrogens is 302 g/mol. The van der Waals surface area contributed by atoms with E-state index >= 15 is 0 Å². The largest absolute Gasteiger partial charge is 0.352 e. The molecular formula is C15H23N3O3S. The summed E-state index contributed by atoms with van der Waals surface area (Å²) in [4.78, 5) is 35.7. The second-order valence-electron chi connectivity index (χ2n) is 5.82. The number of amides is 1. The molecule has 1 atom stereocenters. The highest BCUT2D eigenvalue weighted by molar-refractivity contribution is 7.99. The summed E-state index contributed by atoms with van der Waals surface area (Å²) < 4.78 is 2.53. The predicted octanol–water partition coefficient (Wildman–Crippen LogP) is 0.764. The Kier molecular flexibility index (Phi) is 5.50. The highest BCUT2D eigenvalue weighted by Gasteiger charge is 2.21. The van der Waals surface area contributed by atoms with Crippen LogP contribution >= 0.6 is 11.8 Å². The van der Waals surface area contributed by atoms with Crippen molar-refractivity contribution in [1.29, 1.82) is 0 Å². The molecule has 0 radical (unpaired) electrons. The zero-order valence-corrected chi connectivity index (χ0v) is 14.1. The van der Waals surface area contributed by atoms with E-state index in [0.717, 1.165) is 17.4 Å². The molecule has 0 spiro atoms. The molecule has 122 valence electrons. The zero-order chi connectivity index (χ0) is 16.3. The van der Waals surface area contributed by atoms with Gasteiger partial charge in [0.1, 0.15) is 0 Å². The van der Waals surface area contributed by atoms with Crippen LogP contribution in [0.2, 0.25) is 0 Å². The molecule has 22 heavy (non-hydrogen) atoms. The third kappa shape index (κ3) is 3.82. The van der Waals surface area contributed by atoms with Gasteiger partial charge in [-0.05, 0) is 19.8 Å². The number of carbonyl (C=O) groups is 1. The number of hydrogen-bond donors (Lipinski definition) is 1. The van der Waals surface area contributed by atoms with Crippen molar-refractivity contribution in [3.8, 4) is 0 Å². The van der Waals surface area contributed by atoms with Crippen molar-refractivity contribution in [2.75, 3.05) is 0 Å². The van der Waals surface area contributed by atoms with Gasteiger partial charge in [0.2, 0.25) is 5.91 Å². The highest BCUT2D eigenvalue weighted by atomic mass is 32.2.